The molecule has 0 aliphatic carbocycles. The number of methoxy groups -OCH3 is 1. The number of hydrogen-bond acceptors (Lipinski definition) is 9. The summed E-state index contributed by atoms with van der Waals surface area (Å²) in [6, 6.07) is 0.780. The van der Waals surface area contributed by atoms with Crippen molar-refractivity contribution in [1.29, 1.82) is 0 Å². The normalized spacial score (nSPS) is 24.3. The molecule has 0 N–H and O–H groups in total. The van der Waals surface area contributed by atoms with Crippen molar-refractivity contribution in [2.24, 2.45) is 0 Å². The Bertz CT molecular complexity index is 409. The molecule has 0 saturated carbocycles. The average molecular weight is 455 g/mol. The Morgan fingerprint density at radius 1 is 0.767 bits per heavy atom. The summed E-state index contributed by atoms with van der Waals surface area (Å²) in [6.07, 6.45) is 2.03. The molecule has 0 spiro atoms. The summed E-state index contributed by atoms with van der Waals surface area (Å²) < 4.78 is 46.3. The van der Waals surface area contributed by atoms with Crippen molar-refractivity contribution in [3.8, 4) is 0 Å². The highest BCUT2D eigenvalue weighted by Crippen LogP contribution is 2.16. The van der Waals surface area contributed by atoms with E-state index in [0.717, 1.165) is 45.5 Å². The van der Waals surface area contributed by atoms with Gasteiger partial charge in [-0.25, -0.2) is 0 Å². The summed E-state index contributed by atoms with van der Waals surface area (Å²) in [5.41, 5.74) is -0.00799. The predicted molar refractivity (Wildman–Crippen MR) is 114 cm³/mol. The largest absolute Gasteiger partial charge is 0.500 e. The first-order valence-electron chi connectivity index (χ1n) is 10.5. The Kier molecular flexibility index (Phi) is 13.8. The van der Waals surface area contributed by atoms with Gasteiger partial charge in [-0.1, -0.05) is 0 Å². The van der Waals surface area contributed by atoms with Crippen LogP contribution in [0.3, 0.4) is 0 Å². The monoisotopic (exact) mass is 454 g/mol. The van der Waals surface area contributed by atoms with E-state index in [1.807, 2.05) is 0 Å². The smallest absolute Gasteiger partial charge is 0.382 e. The van der Waals surface area contributed by atoms with Crippen LogP contribution in [0.15, 0.2) is 0 Å². The molecule has 3 saturated heterocycles. The zero-order valence-electron chi connectivity index (χ0n) is 19.8. The van der Waals surface area contributed by atoms with Gasteiger partial charge in [0.25, 0.3) is 0 Å². The van der Waals surface area contributed by atoms with E-state index in [4.69, 9.17) is 41.7 Å². The summed E-state index contributed by atoms with van der Waals surface area (Å²) in [7, 11) is 4.16. The van der Waals surface area contributed by atoms with Crippen LogP contribution in [0, 0.1) is 0 Å². The van der Waals surface area contributed by atoms with Crippen molar-refractivity contribution in [3.05, 3.63) is 0 Å². The molecule has 3 aliphatic rings. The number of ether oxygens (including phenoxy) is 6. The van der Waals surface area contributed by atoms with E-state index in [1.165, 1.54) is 0 Å². The van der Waals surface area contributed by atoms with Gasteiger partial charge in [0.15, 0.2) is 0 Å². The van der Waals surface area contributed by atoms with Gasteiger partial charge in [0, 0.05) is 41.1 Å². The first-order chi connectivity index (χ1) is 14.3. The molecule has 9 nitrogen and oxygen atoms in total. The summed E-state index contributed by atoms with van der Waals surface area (Å²) in [5.74, 6) is 0. The van der Waals surface area contributed by atoms with Gasteiger partial charge in [0.05, 0.1) is 45.2 Å². The molecular weight excluding hydrogens is 412 g/mol. The van der Waals surface area contributed by atoms with Crippen molar-refractivity contribution >= 4 is 8.80 Å². The Morgan fingerprint density at radius 3 is 1.60 bits per heavy atom. The van der Waals surface area contributed by atoms with E-state index >= 15 is 0 Å². The molecule has 3 heterocycles. The van der Waals surface area contributed by atoms with Crippen molar-refractivity contribution in [2.45, 2.75) is 57.1 Å². The van der Waals surface area contributed by atoms with Gasteiger partial charge in [-0.3, -0.25) is 0 Å². The van der Waals surface area contributed by atoms with Gasteiger partial charge in [0.1, 0.15) is 18.3 Å². The predicted octanol–water partition coefficient (Wildman–Crippen LogP) is 1.90. The average Bonchev–Trinajstić information content (AvgIpc) is 3.57. The van der Waals surface area contributed by atoms with Crippen LogP contribution >= 0.6 is 0 Å². The molecule has 3 aliphatic heterocycles. The lowest BCUT2D eigenvalue weighted by Gasteiger charge is -2.24. The SMILES string of the molecule is CC(C)(C)OCC1CO1.COCC1CO1.CO[Si](CCCOCC1CO1)(OC)OC. The number of epoxide rings is 3. The van der Waals surface area contributed by atoms with Gasteiger partial charge in [-0.15, -0.1) is 0 Å². The Morgan fingerprint density at radius 2 is 1.23 bits per heavy atom. The molecule has 0 aromatic carbocycles. The van der Waals surface area contributed by atoms with E-state index < -0.39 is 8.80 Å². The van der Waals surface area contributed by atoms with Crippen LogP contribution in [-0.2, 0) is 41.7 Å². The fourth-order valence-electron chi connectivity index (χ4n) is 2.18. The summed E-state index contributed by atoms with van der Waals surface area (Å²) in [4.78, 5) is 0. The third kappa shape index (κ3) is 15.6. The first-order valence-corrected chi connectivity index (χ1v) is 12.4. The minimum absolute atomic E-state index is 0.00799. The molecule has 0 aromatic rings. The third-order valence-electron chi connectivity index (χ3n) is 4.27. The zero-order chi connectivity index (χ0) is 22.5. The molecule has 180 valence electrons. The van der Waals surface area contributed by atoms with Crippen LogP contribution in [0.25, 0.3) is 0 Å². The van der Waals surface area contributed by atoms with Gasteiger partial charge in [-0.05, 0) is 27.2 Å². The van der Waals surface area contributed by atoms with Crippen LogP contribution in [0.4, 0.5) is 0 Å². The minimum Gasteiger partial charge on any atom is -0.382 e. The molecule has 3 unspecified atom stereocenters. The lowest BCUT2D eigenvalue weighted by molar-refractivity contribution is -0.0104. The van der Waals surface area contributed by atoms with Gasteiger partial charge in [-0.2, -0.15) is 0 Å². The van der Waals surface area contributed by atoms with Crippen LogP contribution in [0.1, 0.15) is 27.2 Å². The second-order valence-corrected chi connectivity index (χ2v) is 11.3. The fraction of sp³-hybridized carbons (Fsp3) is 1.00. The van der Waals surface area contributed by atoms with Crippen molar-refractivity contribution in [2.75, 3.05) is 74.7 Å². The third-order valence-corrected chi connectivity index (χ3v) is 7.10. The topological polar surface area (TPSA) is 93.0 Å². The lowest BCUT2D eigenvalue weighted by Crippen LogP contribution is -2.42. The molecule has 0 radical (unpaired) electrons. The maximum atomic E-state index is 5.43. The summed E-state index contributed by atoms with van der Waals surface area (Å²) in [6.45, 7) is 11.7. The Balaban J connectivity index is 0.000000252. The molecule has 10 heteroatoms. The molecule has 0 aromatic heterocycles. The molecule has 0 amide bonds. The first kappa shape index (κ1) is 27.9. The van der Waals surface area contributed by atoms with E-state index in [2.05, 4.69) is 20.8 Å². The highest BCUT2D eigenvalue weighted by Gasteiger charge is 2.37. The van der Waals surface area contributed by atoms with E-state index in [9.17, 15) is 0 Å². The molecule has 3 atom stereocenters. The van der Waals surface area contributed by atoms with Crippen LogP contribution < -0.4 is 0 Å². The van der Waals surface area contributed by atoms with Crippen molar-refractivity contribution in [1.82, 2.24) is 0 Å². The van der Waals surface area contributed by atoms with Gasteiger partial charge < -0.3 is 41.7 Å². The maximum Gasteiger partial charge on any atom is 0.500 e. The maximum absolute atomic E-state index is 5.43. The quantitative estimate of drug-likeness (QED) is 0.235. The summed E-state index contributed by atoms with van der Waals surface area (Å²) in [5, 5.41) is 0. The van der Waals surface area contributed by atoms with Gasteiger partial charge in [0.2, 0.25) is 0 Å². The molecular formula is C20H42O9Si. The van der Waals surface area contributed by atoms with Crippen molar-refractivity contribution < 1.29 is 41.7 Å². The lowest BCUT2D eigenvalue weighted by atomic mass is 10.2. The van der Waals surface area contributed by atoms with E-state index in [1.54, 1.807) is 28.4 Å². The van der Waals surface area contributed by atoms with E-state index in [-0.39, 0.29) is 5.60 Å². The standard InChI is InChI=1S/C9H20O5Si.C7H14O2.C4H8O2/c1-10-15(11-2,12-3)6-4-5-13-7-9-8-14-9;1-7(2,3)9-5-6-4-8-6;1-5-2-4-3-6-4/h9H,4-8H2,1-3H3;6H,4-5H2,1-3H3;4H,2-3H2,1H3. The highest BCUT2D eigenvalue weighted by molar-refractivity contribution is 6.60. The van der Waals surface area contributed by atoms with E-state index in [0.29, 0.717) is 31.5 Å². The fourth-order valence-corrected chi connectivity index (χ4v) is 3.87. The number of rotatable bonds is 13. The molecule has 3 rings (SSSR count). The van der Waals surface area contributed by atoms with Crippen molar-refractivity contribution in [3.63, 3.8) is 0 Å². The molecule has 30 heavy (non-hydrogen) atoms. The van der Waals surface area contributed by atoms with Crippen LogP contribution in [0.2, 0.25) is 6.04 Å². The minimum atomic E-state index is -2.39. The molecule has 0 bridgehead atoms. The van der Waals surface area contributed by atoms with Crippen LogP contribution in [0.5, 0.6) is 0 Å². The van der Waals surface area contributed by atoms with Crippen LogP contribution in [-0.4, -0.2) is 107 Å². The molecule has 3 fully saturated rings. The Hall–Kier alpha value is -0.143. The zero-order valence-corrected chi connectivity index (χ0v) is 20.8. The Labute approximate surface area is 182 Å². The highest BCUT2D eigenvalue weighted by atomic mass is 28.4. The van der Waals surface area contributed by atoms with Gasteiger partial charge >= 0.3 is 8.80 Å². The second-order valence-electron chi connectivity index (χ2n) is 8.22. The second kappa shape index (κ2) is 14.8. The summed E-state index contributed by atoms with van der Waals surface area (Å²) >= 11 is 0. The number of hydrogen-bond donors (Lipinski definition) is 0.